The third-order valence-corrected chi connectivity index (χ3v) is 6.69. The Labute approximate surface area is 188 Å². The zero-order chi connectivity index (χ0) is 22.0. The summed E-state index contributed by atoms with van der Waals surface area (Å²) in [7, 11) is 0. The molecule has 2 amide bonds. The van der Waals surface area contributed by atoms with Gasteiger partial charge in [0.1, 0.15) is 0 Å². The predicted octanol–water partition coefficient (Wildman–Crippen LogP) is 5.74. The van der Waals surface area contributed by atoms with Crippen molar-refractivity contribution in [1.29, 1.82) is 0 Å². The van der Waals surface area contributed by atoms with Crippen LogP contribution in [0.4, 0.5) is 5.69 Å². The number of nitrogens with zero attached hydrogens (tertiary/aromatic N) is 2. The lowest BCUT2D eigenvalue weighted by Gasteiger charge is -2.43. The molecule has 0 saturated carbocycles. The number of likely N-dealkylation sites (N-methyl/N-ethyl adjacent to an activating group) is 1. The molecule has 160 valence electrons. The molecule has 4 nitrogen and oxygen atoms in total. The summed E-state index contributed by atoms with van der Waals surface area (Å²) < 4.78 is 0. The van der Waals surface area contributed by atoms with E-state index in [1.807, 2.05) is 88.8 Å². The standard InChI is InChI=1S/C26H28N2O2S/c1-4-27(19-11-6-5-7-12-19)26(30)23-20-13-8-9-14-21(20)25(29)28(17-18(2)3)24(23)22-15-10-16-31-22/h5-16,18,23-24H,4,17H2,1-3H3/t23-,24-/m1/s1. The van der Waals surface area contributed by atoms with Gasteiger partial charge in [0.15, 0.2) is 0 Å². The Hall–Kier alpha value is -2.92. The van der Waals surface area contributed by atoms with Crippen molar-refractivity contribution in [1.82, 2.24) is 4.90 Å². The summed E-state index contributed by atoms with van der Waals surface area (Å²) in [5.41, 5.74) is 2.34. The van der Waals surface area contributed by atoms with Crippen molar-refractivity contribution in [3.8, 4) is 0 Å². The number of anilines is 1. The third-order valence-electron chi connectivity index (χ3n) is 5.75. The number of carbonyl (C=O) groups excluding carboxylic acids is 2. The number of benzene rings is 2. The minimum absolute atomic E-state index is 0.00881. The Morgan fingerprint density at radius 1 is 1.03 bits per heavy atom. The quantitative estimate of drug-likeness (QED) is 0.498. The highest BCUT2D eigenvalue weighted by Gasteiger charge is 2.45. The molecule has 2 atom stereocenters. The normalized spacial score (nSPS) is 18.2. The van der Waals surface area contributed by atoms with Crippen molar-refractivity contribution >= 4 is 28.8 Å². The largest absolute Gasteiger partial charge is 0.329 e. The zero-order valence-electron chi connectivity index (χ0n) is 18.2. The fourth-order valence-electron chi connectivity index (χ4n) is 4.47. The molecule has 0 fully saturated rings. The minimum Gasteiger partial charge on any atom is -0.329 e. The van der Waals surface area contributed by atoms with Crippen LogP contribution in [0.2, 0.25) is 0 Å². The first-order valence-corrected chi connectivity index (χ1v) is 11.7. The average Bonchev–Trinajstić information content (AvgIpc) is 3.31. The number of amides is 2. The molecule has 0 radical (unpaired) electrons. The first-order valence-electron chi connectivity index (χ1n) is 10.8. The van der Waals surface area contributed by atoms with Crippen LogP contribution in [0.5, 0.6) is 0 Å². The summed E-state index contributed by atoms with van der Waals surface area (Å²) >= 11 is 1.61. The van der Waals surface area contributed by atoms with E-state index in [0.29, 0.717) is 24.6 Å². The number of thiophene rings is 1. The maximum Gasteiger partial charge on any atom is 0.254 e. The fraction of sp³-hybridized carbons (Fsp3) is 0.308. The molecule has 1 aliphatic rings. The van der Waals surface area contributed by atoms with Crippen molar-refractivity contribution in [3.05, 3.63) is 88.1 Å². The molecule has 4 rings (SSSR count). The molecule has 3 aromatic rings. The van der Waals surface area contributed by atoms with E-state index in [1.165, 1.54) is 0 Å². The van der Waals surface area contributed by atoms with E-state index in [1.54, 1.807) is 11.3 Å². The number of para-hydroxylation sites is 1. The van der Waals surface area contributed by atoms with Crippen LogP contribution in [0.25, 0.3) is 0 Å². The first kappa shape index (κ1) is 21.3. The summed E-state index contributed by atoms with van der Waals surface area (Å²) in [5.74, 6) is -0.120. The van der Waals surface area contributed by atoms with Crippen LogP contribution < -0.4 is 4.90 Å². The Morgan fingerprint density at radius 3 is 2.39 bits per heavy atom. The summed E-state index contributed by atoms with van der Waals surface area (Å²) in [6.45, 7) is 7.39. The van der Waals surface area contributed by atoms with Crippen LogP contribution in [0.1, 0.15) is 53.5 Å². The van der Waals surface area contributed by atoms with Crippen LogP contribution in [0.15, 0.2) is 72.1 Å². The second-order valence-corrected chi connectivity index (χ2v) is 9.27. The SMILES string of the molecule is CCN(C(=O)[C@@H]1c2ccccc2C(=O)N(CC(C)C)[C@@H]1c1cccs1)c1ccccc1. The maximum absolute atomic E-state index is 14.1. The van der Waals surface area contributed by atoms with Gasteiger partial charge in [-0.2, -0.15) is 0 Å². The van der Waals surface area contributed by atoms with E-state index in [4.69, 9.17) is 0 Å². The van der Waals surface area contributed by atoms with Gasteiger partial charge in [0.2, 0.25) is 5.91 Å². The summed E-state index contributed by atoms with van der Waals surface area (Å²) in [4.78, 5) is 32.5. The van der Waals surface area contributed by atoms with Crippen molar-refractivity contribution in [2.24, 2.45) is 5.92 Å². The van der Waals surface area contributed by atoms with Gasteiger partial charge in [-0.05, 0) is 48.1 Å². The molecule has 0 bridgehead atoms. The topological polar surface area (TPSA) is 40.6 Å². The molecule has 0 N–H and O–H groups in total. The van der Waals surface area contributed by atoms with Crippen molar-refractivity contribution in [2.45, 2.75) is 32.7 Å². The lowest BCUT2D eigenvalue weighted by atomic mass is 9.80. The van der Waals surface area contributed by atoms with E-state index in [9.17, 15) is 9.59 Å². The second-order valence-electron chi connectivity index (χ2n) is 8.29. The van der Waals surface area contributed by atoms with Crippen LogP contribution in [-0.2, 0) is 4.79 Å². The van der Waals surface area contributed by atoms with Gasteiger partial charge in [0, 0.05) is 29.2 Å². The molecule has 0 saturated heterocycles. The molecule has 0 unspecified atom stereocenters. The second kappa shape index (κ2) is 9.06. The number of carbonyl (C=O) groups is 2. The molecule has 31 heavy (non-hydrogen) atoms. The predicted molar refractivity (Wildman–Crippen MR) is 127 cm³/mol. The van der Waals surface area contributed by atoms with E-state index < -0.39 is 5.92 Å². The number of fused-ring (bicyclic) bond motifs is 1. The lowest BCUT2D eigenvalue weighted by molar-refractivity contribution is -0.121. The molecular weight excluding hydrogens is 404 g/mol. The van der Waals surface area contributed by atoms with Gasteiger partial charge in [0.05, 0.1) is 12.0 Å². The minimum atomic E-state index is -0.452. The summed E-state index contributed by atoms with van der Waals surface area (Å²) in [6, 6.07) is 21.1. The van der Waals surface area contributed by atoms with E-state index in [2.05, 4.69) is 13.8 Å². The Kier molecular flexibility index (Phi) is 6.23. The molecule has 0 spiro atoms. The molecular formula is C26H28N2O2S. The monoisotopic (exact) mass is 432 g/mol. The van der Waals surface area contributed by atoms with Gasteiger partial charge in [-0.3, -0.25) is 9.59 Å². The molecule has 0 aliphatic carbocycles. The Morgan fingerprint density at radius 2 is 1.74 bits per heavy atom. The van der Waals surface area contributed by atoms with Gasteiger partial charge in [-0.15, -0.1) is 11.3 Å². The van der Waals surface area contributed by atoms with Crippen molar-refractivity contribution in [3.63, 3.8) is 0 Å². The smallest absolute Gasteiger partial charge is 0.254 e. The van der Waals surface area contributed by atoms with Gasteiger partial charge in [-0.1, -0.05) is 56.3 Å². The Balaban J connectivity index is 1.88. The number of hydrogen-bond donors (Lipinski definition) is 0. The van der Waals surface area contributed by atoms with Crippen LogP contribution >= 0.6 is 11.3 Å². The molecule has 2 heterocycles. The van der Waals surface area contributed by atoms with Crippen LogP contribution in [0, 0.1) is 5.92 Å². The highest BCUT2D eigenvalue weighted by atomic mass is 32.1. The summed E-state index contributed by atoms with van der Waals surface area (Å²) in [5, 5.41) is 2.02. The molecule has 5 heteroatoms. The van der Waals surface area contributed by atoms with Crippen LogP contribution in [-0.4, -0.2) is 29.8 Å². The maximum atomic E-state index is 14.1. The van der Waals surface area contributed by atoms with Gasteiger partial charge in [-0.25, -0.2) is 0 Å². The highest BCUT2D eigenvalue weighted by Crippen LogP contribution is 2.45. The van der Waals surface area contributed by atoms with Crippen molar-refractivity contribution < 1.29 is 9.59 Å². The first-order chi connectivity index (χ1) is 15.0. The molecule has 1 aromatic heterocycles. The Bertz CT molecular complexity index is 1050. The lowest BCUT2D eigenvalue weighted by Crippen LogP contribution is -2.49. The average molecular weight is 433 g/mol. The van der Waals surface area contributed by atoms with Gasteiger partial charge >= 0.3 is 0 Å². The molecule has 1 aliphatic heterocycles. The summed E-state index contributed by atoms with van der Waals surface area (Å²) in [6.07, 6.45) is 0. The van der Waals surface area contributed by atoms with Crippen molar-refractivity contribution in [2.75, 3.05) is 18.0 Å². The van der Waals surface area contributed by atoms with E-state index in [0.717, 1.165) is 16.1 Å². The zero-order valence-corrected chi connectivity index (χ0v) is 19.0. The highest BCUT2D eigenvalue weighted by molar-refractivity contribution is 7.10. The number of hydrogen-bond acceptors (Lipinski definition) is 3. The van der Waals surface area contributed by atoms with Gasteiger partial charge < -0.3 is 9.80 Å². The van der Waals surface area contributed by atoms with E-state index >= 15 is 0 Å². The fourth-order valence-corrected chi connectivity index (χ4v) is 5.35. The van der Waals surface area contributed by atoms with Crippen LogP contribution in [0.3, 0.4) is 0 Å². The van der Waals surface area contributed by atoms with E-state index in [-0.39, 0.29) is 17.9 Å². The van der Waals surface area contributed by atoms with Gasteiger partial charge in [0.25, 0.3) is 5.91 Å². The third kappa shape index (κ3) is 4.02. The molecule has 2 aromatic carbocycles. The number of rotatable bonds is 6.